The summed E-state index contributed by atoms with van der Waals surface area (Å²) < 4.78 is 0. The van der Waals surface area contributed by atoms with Crippen LogP contribution in [0, 0.1) is 0 Å². The highest BCUT2D eigenvalue weighted by molar-refractivity contribution is 8.01. The minimum absolute atomic E-state index is 0.763. The van der Waals surface area contributed by atoms with E-state index in [4.69, 9.17) is 0 Å². The molecule has 2 atom stereocenters. The summed E-state index contributed by atoms with van der Waals surface area (Å²) >= 11 is 2.16. The molecule has 0 N–H and O–H groups in total. The predicted octanol–water partition coefficient (Wildman–Crippen LogP) is 4.80. The summed E-state index contributed by atoms with van der Waals surface area (Å²) in [5.74, 6) is 0. The van der Waals surface area contributed by atoms with Crippen LogP contribution in [0.15, 0.2) is 54.7 Å². The van der Waals surface area contributed by atoms with Crippen LogP contribution in [-0.2, 0) is 0 Å². The molecule has 0 saturated carbocycles. The lowest BCUT2D eigenvalue weighted by atomic mass is 9.99. The van der Waals surface area contributed by atoms with Crippen LogP contribution in [0.4, 0.5) is 0 Å². The first-order valence-corrected chi connectivity index (χ1v) is 8.21. The zero-order chi connectivity index (χ0) is 13.4. The molecular formula is C18H17NS. The number of hydrogen-bond donors (Lipinski definition) is 0. The molecule has 1 fully saturated rings. The smallest absolute Gasteiger partial charge is 0.0701 e. The first kappa shape index (κ1) is 12.2. The highest BCUT2D eigenvalue weighted by Crippen LogP contribution is 2.45. The first-order valence-electron chi connectivity index (χ1n) is 7.26. The van der Waals surface area contributed by atoms with Gasteiger partial charge in [-0.2, -0.15) is 11.8 Å². The van der Waals surface area contributed by atoms with Gasteiger partial charge >= 0.3 is 0 Å². The topological polar surface area (TPSA) is 12.9 Å². The lowest BCUT2D eigenvalue weighted by molar-refractivity contribution is 0.790. The molecular weight excluding hydrogens is 262 g/mol. The van der Waals surface area contributed by atoms with Crippen molar-refractivity contribution < 1.29 is 0 Å². The van der Waals surface area contributed by atoms with Crippen molar-refractivity contribution in [2.24, 2.45) is 0 Å². The van der Waals surface area contributed by atoms with Crippen molar-refractivity contribution in [1.82, 2.24) is 4.98 Å². The lowest BCUT2D eigenvalue weighted by Gasteiger charge is -2.19. The Bertz CT molecular complexity index is 630. The van der Waals surface area contributed by atoms with Gasteiger partial charge in [0, 0.05) is 22.3 Å². The van der Waals surface area contributed by atoms with Gasteiger partial charge in [-0.3, -0.25) is 4.98 Å². The maximum Gasteiger partial charge on any atom is 0.0701 e. The predicted molar refractivity (Wildman–Crippen MR) is 86.7 cm³/mol. The Hall–Kier alpha value is -1.54. The van der Waals surface area contributed by atoms with E-state index in [1.165, 1.54) is 30.4 Å². The summed E-state index contributed by atoms with van der Waals surface area (Å²) in [4.78, 5) is 4.41. The summed E-state index contributed by atoms with van der Waals surface area (Å²) in [5, 5.41) is 1.62. The third kappa shape index (κ3) is 2.29. The molecule has 1 nitrogen and oxygen atoms in total. The Morgan fingerprint density at radius 2 is 1.80 bits per heavy atom. The largest absolute Gasteiger partial charge is 0.256 e. The molecule has 2 unspecified atom stereocenters. The highest BCUT2D eigenvalue weighted by Gasteiger charge is 2.29. The zero-order valence-corrected chi connectivity index (χ0v) is 12.1. The second-order valence-corrected chi connectivity index (χ2v) is 7.11. The van der Waals surface area contributed by atoms with Crippen molar-refractivity contribution in [3.8, 4) is 11.3 Å². The quantitative estimate of drug-likeness (QED) is 0.783. The second-order valence-electron chi connectivity index (χ2n) is 5.56. The minimum atomic E-state index is 0.763. The van der Waals surface area contributed by atoms with Gasteiger partial charge in [-0.25, -0.2) is 0 Å². The summed E-state index contributed by atoms with van der Waals surface area (Å²) in [7, 11) is 0. The number of nitrogens with zero attached hydrogens (tertiary/aromatic N) is 1. The van der Waals surface area contributed by atoms with Gasteiger partial charge in [0.1, 0.15) is 0 Å². The monoisotopic (exact) mass is 279 g/mol. The molecule has 2 aliphatic rings. The van der Waals surface area contributed by atoms with Crippen LogP contribution in [0.3, 0.4) is 0 Å². The second kappa shape index (κ2) is 5.10. The van der Waals surface area contributed by atoms with Crippen LogP contribution in [0.5, 0.6) is 0 Å². The van der Waals surface area contributed by atoms with Gasteiger partial charge in [-0.15, -0.1) is 0 Å². The molecule has 2 aliphatic heterocycles. The molecule has 1 aromatic heterocycles. The van der Waals surface area contributed by atoms with Gasteiger partial charge in [0.25, 0.3) is 0 Å². The normalized spacial score (nSPS) is 24.5. The number of rotatable bonds is 2. The van der Waals surface area contributed by atoms with Gasteiger partial charge in [-0.05, 0) is 42.5 Å². The molecule has 1 aromatic carbocycles. The fourth-order valence-electron chi connectivity index (χ4n) is 3.15. The van der Waals surface area contributed by atoms with Crippen molar-refractivity contribution >= 4 is 17.3 Å². The van der Waals surface area contributed by atoms with Crippen molar-refractivity contribution in [1.29, 1.82) is 0 Å². The summed E-state index contributed by atoms with van der Waals surface area (Å²) in [5.41, 5.74) is 5.18. The Morgan fingerprint density at radius 3 is 2.55 bits per heavy atom. The zero-order valence-electron chi connectivity index (χ0n) is 11.3. The molecule has 1 saturated heterocycles. The third-order valence-corrected chi connectivity index (χ3v) is 5.70. The molecule has 100 valence electrons. The lowest BCUT2D eigenvalue weighted by Crippen LogP contribution is -2.05. The summed E-state index contributed by atoms with van der Waals surface area (Å²) in [6, 6.07) is 15.0. The molecule has 0 aliphatic carbocycles. The van der Waals surface area contributed by atoms with E-state index in [1.54, 1.807) is 5.57 Å². The Morgan fingerprint density at radius 1 is 0.950 bits per heavy atom. The summed E-state index contributed by atoms with van der Waals surface area (Å²) in [6.07, 6.45) is 8.34. The minimum Gasteiger partial charge on any atom is -0.256 e. The van der Waals surface area contributed by atoms with Gasteiger partial charge in [0.05, 0.1) is 5.69 Å². The van der Waals surface area contributed by atoms with Crippen molar-refractivity contribution in [3.05, 3.63) is 60.3 Å². The van der Waals surface area contributed by atoms with Crippen molar-refractivity contribution in [3.63, 3.8) is 0 Å². The number of hydrogen-bond acceptors (Lipinski definition) is 2. The third-order valence-electron chi connectivity index (χ3n) is 4.19. The number of thioether (sulfide) groups is 1. The van der Waals surface area contributed by atoms with Crippen LogP contribution in [0.2, 0.25) is 0 Å². The van der Waals surface area contributed by atoms with E-state index in [-0.39, 0.29) is 0 Å². The molecule has 3 heterocycles. The Balaban J connectivity index is 1.62. The Labute approximate surface area is 124 Å². The van der Waals surface area contributed by atoms with Gasteiger partial charge in [0.2, 0.25) is 0 Å². The van der Waals surface area contributed by atoms with Crippen molar-refractivity contribution in [2.75, 3.05) is 0 Å². The van der Waals surface area contributed by atoms with Gasteiger partial charge < -0.3 is 0 Å². The number of allylic oxidation sites excluding steroid dienone is 1. The fourth-order valence-corrected chi connectivity index (χ4v) is 4.70. The first-order chi connectivity index (χ1) is 9.88. The molecule has 20 heavy (non-hydrogen) atoms. The van der Waals surface area contributed by atoms with E-state index < -0.39 is 0 Å². The average Bonchev–Trinajstić information content (AvgIpc) is 2.87. The highest BCUT2D eigenvalue weighted by atomic mass is 32.2. The van der Waals surface area contributed by atoms with E-state index in [0.29, 0.717) is 0 Å². The maximum absolute atomic E-state index is 4.41. The van der Waals surface area contributed by atoms with Crippen LogP contribution >= 0.6 is 11.8 Å². The van der Waals surface area contributed by atoms with Gasteiger partial charge in [-0.1, -0.05) is 36.4 Å². The summed E-state index contributed by atoms with van der Waals surface area (Å²) in [6.45, 7) is 0. The van der Waals surface area contributed by atoms with Crippen LogP contribution < -0.4 is 0 Å². The van der Waals surface area contributed by atoms with E-state index >= 15 is 0 Å². The molecule has 0 amide bonds. The number of fused-ring (bicyclic) bond motifs is 2. The van der Waals surface area contributed by atoms with E-state index in [9.17, 15) is 0 Å². The molecule has 2 bridgehead atoms. The van der Waals surface area contributed by atoms with Gasteiger partial charge in [0.15, 0.2) is 0 Å². The van der Waals surface area contributed by atoms with E-state index in [0.717, 1.165) is 16.2 Å². The van der Waals surface area contributed by atoms with Crippen LogP contribution in [-0.4, -0.2) is 15.5 Å². The molecule has 2 heteroatoms. The van der Waals surface area contributed by atoms with Crippen LogP contribution in [0.1, 0.15) is 24.8 Å². The molecule has 0 radical (unpaired) electrons. The molecule has 2 aromatic rings. The fraction of sp³-hybridized carbons (Fsp3) is 0.278. The average molecular weight is 279 g/mol. The molecule has 0 spiro atoms. The maximum atomic E-state index is 4.41. The number of benzene rings is 1. The SMILES string of the molecule is C1=C(c2ccc(-c3ccccn3)cc2)CC2CCC1S2. The van der Waals surface area contributed by atoms with Crippen LogP contribution in [0.25, 0.3) is 16.8 Å². The number of pyridine rings is 1. The van der Waals surface area contributed by atoms with Crippen molar-refractivity contribution in [2.45, 2.75) is 29.8 Å². The standard InChI is InChI=1S/C18H17NS/c1-2-10-19-18(3-1)14-6-4-13(5-7-14)15-11-16-8-9-17(12-15)20-16/h1-7,10-11,16-17H,8-9,12H2. The van der Waals surface area contributed by atoms with E-state index in [2.05, 4.69) is 53.2 Å². The van der Waals surface area contributed by atoms with E-state index in [1.807, 2.05) is 18.3 Å². The Kier molecular flexibility index (Phi) is 3.12. The molecule has 4 rings (SSSR count). The number of aromatic nitrogens is 1.